The number of hydrogen-bond donors (Lipinski definition) is 2. The molecule has 0 bridgehead atoms. The fourth-order valence-electron chi connectivity index (χ4n) is 1.81. The Balaban J connectivity index is 1.88. The Morgan fingerprint density at radius 3 is 2.86 bits per heavy atom. The van der Waals surface area contributed by atoms with Gasteiger partial charge in [0, 0.05) is 19.0 Å². The van der Waals surface area contributed by atoms with Crippen molar-refractivity contribution in [1.82, 2.24) is 10.2 Å². The summed E-state index contributed by atoms with van der Waals surface area (Å²) in [7, 11) is 0. The van der Waals surface area contributed by atoms with Crippen LogP contribution in [-0.2, 0) is 4.79 Å². The molecule has 2 rings (SSSR count). The Morgan fingerprint density at radius 2 is 2.36 bits per heavy atom. The minimum absolute atomic E-state index is 0.0825. The van der Waals surface area contributed by atoms with Gasteiger partial charge in [0.05, 0.1) is 5.84 Å². The summed E-state index contributed by atoms with van der Waals surface area (Å²) in [4.78, 5) is 13.6. The van der Waals surface area contributed by atoms with Crippen LogP contribution in [0.4, 0.5) is 0 Å². The molecule has 1 amide bonds. The van der Waals surface area contributed by atoms with Crippen LogP contribution in [0, 0.1) is 5.41 Å². The van der Waals surface area contributed by atoms with Gasteiger partial charge in [0.2, 0.25) is 5.91 Å². The van der Waals surface area contributed by atoms with E-state index in [1.807, 2.05) is 11.8 Å². The number of amides is 1. The molecular formula is C10H17N3O. The first-order valence-electron chi connectivity index (χ1n) is 5.33. The second-order valence-electron chi connectivity index (χ2n) is 4.20. The molecule has 0 aromatic heterocycles. The van der Waals surface area contributed by atoms with Gasteiger partial charge in [0.25, 0.3) is 0 Å². The van der Waals surface area contributed by atoms with Crippen molar-refractivity contribution in [2.45, 2.75) is 44.7 Å². The molecule has 1 aliphatic carbocycles. The molecule has 14 heavy (non-hydrogen) atoms. The molecule has 0 radical (unpaired) electrons. The zero-order valence-corrected chi connectivity index (χ0v) is 8.55. The van der Waals surface area contributed by atoms with Gasteiger partial charge in [0.1, 0.15) is 6.04 Å². The van der Waals surface area contributed by atoms with Crippen molar-refractivity contribution >= 4 is 11.7 Å². The average Bonchev–Trinajstić information content (AvgIpc) is 2.86. The van der Waals surface area contributed by atoms with Gasteiger partial charge < -0.3 is 10.2 Å². The largest absolute Gasteiger partial charge is 0.352 e. The third kappa shape index (κ3) is 1.89. The average molecular weight is 195 g/mol. The molecule has 1 heterocycles. The van der Waals surface area contributed by atoms with E-state index in [2.05, 4.69) is 5.32 Å². The highest BCUT2D eigenvalue weighted by Crippen LogP contribution is 2.20. The van der Waals surface area contributed by atoms with E-state index in [-0.39, 0.29) is 11.9 Å². The molecule has 4 heteroatoms. The van der Waals surface area contributed by atoms with E-state index in [0.717, 1.165) is 32.2 Å². The Kier molecular flexibility index (Phi) is 2.44. The lowest BCUT2D eigenvalue weighted by molar-refractivity contribution is -0.124. The zero-order chi connectivity index (χ0) is 10.1. The van der Waals surface area contributed by atoms with Crippen LogP contribution in [0.3, 0.4) is 0 Å². The molecule has 1 aliphatic heterocycles. The number of amidine groups is 1. The predicted molar refractivity (Wildman–Crippen MR) is 54.3 cm³/mol. The maximum Gasteiger partial charge on any atom is 0.242 e. The Hall–Kier alpha value is -1.06. The number of likely N-dealkylation sites (tertiary alicyclic amines) is 1. The molecule has 0 spiro atoms. The SMILES string of the molecule is CC(C(=O)NC1CC1)N1CCCC1=N. The van der Waals surface area contributed by atoms with Crippen LogP contribution in [0.15, 0.2) is 0 Å². The Bertz CT molecular complexity index is 260. The molecule has 0 aromatic rings. The topological polar surface area (TPSA) is 56.2 Å². The Morgan fingerprint density at radius 1 is 1.64 bits per heavy atom. The fraction of sp³-hybridized carbons (Fsp3) is 0.800. The van der Waals surface area contributed by atoms with Gasteiger partial charge in [-0.15, -0.1) is 0 Å². The molecule has 2 aliphatic rings. The Labute approximate surface area is 84.2 Å². The molecule has 1 unspecified atom stereocenters. The van der Waals surface area contributed by atoms with E-state index in [0.29, 0.717) is 11.9 Å². The van der Waals surface area contributed by atoms with Gasteiger partial charge in [-0.3, -0.25) is 10.2 Å². The molecule has 0 aromatic carbocycles. The first-order valence-corrected chi connectivity index (χ1v) is 5.33. The molecular weight excluding hydrogens is 178 g/mol. The van der Waals surface area contributed by atoms with Gasteiger partial charge in [-0.1, -0.05) is 0 Å². The second kappa shape index (κ2) is 3.59. The molecule has 2 N–H and O–H groups in total. The number of nitrogens with zero attached hydrogens (tertiary/aromatic N) is 1. The zero-order valence-electron chi connectivity index (χ0n) is 8.55. The van der Waals surface area contributed by atoms with Crippen LogP contribution < -0.4 is 5.32 Å². The standard InChI is InChI=1S/C10H17N3O/c1-7(10(14)12-8-4-5-8)13-6-2-3-9(13)11/h7-8,11H,2-6H2,1H3,(H,12,14). The number of nitrogens with one attached hydrogen (secondary N) is 2. The lowest BCUT2D eigenvalue weighted by atomic mass is 10.2. The number of carbonyl (C=O) groups is 1. The highest BCUT2D eigenvalue weighted by Gasteiger charge is 2.30. The summed E-state index contributed by atoms with van der Waals surface area (Å²) >= 11 is 0. The lowest BCUT2D eigenvalue weighted by Gasteiger charge is -2.24. The van der Waals surface area contributed by atoms with Gasteiger partial charge in [-0.25, -0.2) is 0 Å². The fourth-order valence-corrected chi connectivity index (χ4v) is 1.81. The summed E-state index contributed by atoms with van der Waals surface area (Å²) in [5.41, 5.74) is 0. The summed E-state index contributed by atoms with van der Waals surface area (Å²) in [6.45, 7) is 2.75. The second-order valence-corrected chi connectivity index (χ2v) is 4.20. The molecule has 1 saturated heterocycles. The molecule has 1 saturated carbocycles. The maximum absolute atomic E-state index is 11.7. The highest BCUT2D eigenvalue weighted by atomic mass is 16.2. The first-order chi connectivity index (χ1) is 6.68. The van der Waals surface area contributed by atoms with Gasteiger partial charge in [-0.2, -0.15) is 0 Å². The number of carbonyl (C=O) groups excluding carboxylic acids is 1. The third-order valence-electron chi connectivity index (χ3n) is 2.93. The van der Waals surface area contributed by atoms with E-state index in [1.165, 1.54) is 0 Å². The van der Waals surface area contributed by atoms with E-state index in [1.54, 1.807) is 0 Å². The number of hydrogen-bond acceptors (Lipinski definition) is 2. The van der Waals surface area contributed by atoms with Crippen LogP contribution in [-0.4, -0.2) is 35.3 Å². The van der Waals surface area contributed by atoms with Crippen LogP contribution in [0.25, 0.3) is 0 Å². The maximum atomic E-state index is 11.7. The minimum Gasteiger partial charge on any atom is -0.352 e. The summed E-state index contributed by atoms with van der Waals surface area (Å²) in [6, 6.07) is 0.257. The van der Waals surface area contributed by atoms with E-state index in [9.17, 15) is 4.79 Å². The van der Waals surface area contributed by atoms with Gasteiger partial charge >= 0.3 is 0 Å². The first kappa shape index (κ1) is 9.49. The smallest absolute Gasteiger partial charge is 0.242 e. The van der Waals surface area contributed by atoms with E-state index < -0.39 is 0 Å². The molecule has 78 valence electrons. The van der Waals surface area contributed by atoms with Gasteiger partial charge in [-0.05, 0) is 26.2 Å². The van der Waals surface area contributed by atoms with Gasteiger partial charge in [0.15, 0.2) is 0 Å². The summed E-state index contributed by atoms with van der Waals surface area (Å²) < 4.78 is 0. The van der Waals surface area contributed by atoms with Crippen LogP contribution in [0.5, 0.6) is 0 Å². The van der Waals surface area contributed by atoms with Crippen LogP contribution >= 0.6 is 0 Å². The quantitative estimate of drug-likeness (QED) is 0.697. The van der Waals surface area contributed by atoms with E-state index in [4.69, 9.17) is 5.41 Å². The van der Waals surface area contributed by atoms with Crippen molar-refractivity contribution in [3.05, 3.63) is 0 Å². The highest BCUT2D eigenvalue weighted by molar-refractivity contribution is 5.89. The summed E-state index contributed by atoms with van der Waals surface area (Å²) in [6.07, 6.45) is 4.08. The summed E-state index contributed by atoms with van der Waals surface area (Å²) in [5, 5.41) is 10.6. The summed E-state index contributed by atoms with van der Waals surface area (Å²) in [5.74, 6) is 0.697. The number of rotatable bonds is 3. The van der Waals surface area contributed by atoms with Crippen molar-refractivity contribution in [1.29, 1.82) is 5.41 Å². The molecule has 1 atom stereocenters. The monoisotopic (exact) mass is 195 g/mol. The van der Waals surface area contributed by atoms with Crippen molar-refractivity contribution in [3.63, 3.8) is 0 Å². The van der Waals surface area contributed by atoms with Crippen LogP contribution in [0.1, 0.15) is 32.6 Å². The normalized spacial score (nSPS) is 23.8. The van der Waals surface area contributed by atoms with Crippen molar-refractivity contribution < 1.29 is 4.79 Å². The molecule has 4 nitrogen and oxygen atoms in total. The third-order valence-corrected chi connectivity index (χ3v) is 2.93. The van der Waals surface area contributed by atoms with Crippen molar-refractivity contribution in [3.8, 4) is 0 Å². The molecule has 2 fully saturated rings. The van der Waals surface area contributed by atoms with Crippen molar-refractivity contribution in [2.75, 3.05) is 6.54 Å². The van der Waals surface area contributed by atoms with Crippen molar-refractivity contribution in [2.24, 2.45) is 0 Å². The van der Waals surface area contributed by atoms with Crippen LogP contribution in [0.2, 0.25) is 0 Å². The predicted octanol–water partition coefficient (Wildman–Crippen LogP) is 0.727. The van der Waals surface area contributed by atoms with E-state index >= 15 is 0 Å². The minimum atomic E-state index is -0.161. The lowest BCUT2D eigenvalue weighted by Crippen LogP contribution is -2.46.